The van der Waals surface area contributed by atoms with Crippen molar-refractivity contribution >= 4 is 11.0 Å². The zero-order valence-electron chi connectivity index (χ0n) is 17.1. The lowest BCUT2D eigenvalue weighted by atomic mass is 9.93. The smallest absolute Gasteiger partial charge is 0.332 e. The van der Waals surface area contributed by atoms with Gasteiger partial charge in [0.15, 0.2) is 0 Å². The predicted molar refractivity (Wildman–Crippen MR) is 112 cm³/mol. The molecule has 1 atom stereocenters. The number of hydrogen-bond acceptors (Lipinski definition) is 5. The van der Waals surface area contributed by atoms with Gasteiger partial charge in [0.25, 0.3) is 5.56 Å². The predicted octanol–water partition coefficient (Wildman–Crippen LogP) is 2.02. The maximum absolute atomic E-state index is 12.4. The van der Waals surface area contributed by atoms with Crippen LogP contribution < -0.4 is 16.0 Å². The van der Waals surface area contributed by atoms with Gasteiger partial charge in [0.1, 0.15) is 11.4 Å². The van der Waals surface area contributed by atoms with Crippen LogP contribution in [0.3, 0.4) is 0 Å². The van der Waals surface area contributed by atoms with Crippen LogP contribution in [0.25, 0.3) is 11.0 Å². The summed E-state index contributed by atoms with van der Waals surface area (Å²) in [6.45, 7) is 2.84. The quantitative estimate of drug-likeness (QED) is 0.677. The van der Waals surface area contributed by atoms with Crippen molar-refractivity contribution in [2.45, 2.75) is 25.3 Å². The molecule has 0 N–H and O–H groups in total. The number of methoxy groups -OCH3 is 1. The van der Waals surface area contributed by atoms with E-state index in [0.717, 1.165) is 48.5 Å². The van der Waals surface area contributed by atoms with E-state index >= 15 is 0 Å². The number of fused-ring (bicyclic) bond motifs is 1. The first-order chi connectivity index (χ1) is 14.0. The number of aryl methyl sites for hydroxylation is 1. The van der Waals surface area contributed by atoms with Crippen molar-refractivity contribution in [2.24, 2.45) is 14.1 Å². The Labute approximate surface area is 169 Å². The standard InChI is InChI=1S/C22H26N4O3/c1-24-20-18(21(27)25(2)22(24)28)10-11-19(23-20)16-5-4-12-26(14-16)13-15-6-8-17(29-3)9-7-15/h6-11,16H,4-5,12-14H2,1-3H3. The minimum Gasteiger partial charge on any atom is -0.497 e. The second kappa shape index (κ2) is 7.83. The Hall–Kier alpha value is -2.93. The first kappa shape index (κ1) is 19.4. The number of ether oxygens (including phenoxy) is 1. The Balaban J connectivity index is 1.58. The molecule has 4 rings (SSSR count). The molecule has 1 unspecified atom stereocenters. The fourth-order valence-electron chi connectivity index (χ4n) is 4.13. The molecule has 0 bridgehead atoms. The van der Waals surface area contributed by atoms with Gasteiger partial charge in [0.2, 0.25) is 0 Å². The van der Waals surface area contributed by atoms with E-state index in [-0.39, 0.29) is 17.2 Å². The van der Waals surface area contributed by atoms with Gasteiger partial charge >= 0.3 is 5.69 Å². The van der Waals surface area contributed by atoms with E-state index < -0.39 is 0 Å². The van der Waals surface area contributed by atoms with Crippen molar-refractivity contribution in [2.75, 3.05) is 20.2 Å². The highest BCUT2D eigenvalue weighted by Crippen LogP contribution is 2.27. The van der Waals surface area contributed by atoms with Crippen molar-refractivity contribution in [3.8, 4) is 5.75 Å². The highest BCUT2D eigenvalue weighted by Gasteiger charge is 2.23. The van der Waals surface area contributed by atoms with Crippen LogP contribution in [0.15, 0.2) is 46.0 Å². The molecule has 1 aromatic carbocycles. The van der Waals surface area contributed by atoms with Gasteiger partial charge in [0, 0.05) is 38.8 Å². The second-order valence-electron chi connectivity index (χ2n) is 7.74. The van der Waals surface area contributed by atoms with Gasteiger partial charge in [-0.3, -0.25) is 18.8 Å². The summed E-state index contributed by atoms with van der Waals surface area (Å²) in [4.78, 5) is 31.8. The molecular formula is C22H26N4O3. The van der Waals surface area contributed by atoms with Gasteiger partial charge in [0.05, 0.1) is 12.5 Å². The summed E-state index contributed by atoms with van der Waals surface area (Å²) in [5, 5.41) is 0.476. The summed E-state index contributed by atoms with van der Waals surface area (Å²) in [6.07, 6.45) is 2.15. The lowest BCUT2D eigenvalue weighted by molar-refractivity contribution is 0.198. The molecular weight excluding hydrogens is 368 g/mol. The van der Waals surface area contributed by atoms with Gasteiger partial charge in [-0.05, 0) is 49.2 Å². The molecule has 7 heteroatoms. The molecule has 1 aliphatic heterocycles. The van der Waals surface area contributed by atoms with Crippen LogP contribution in [-0.4, -0.2) is 39.2 Å². The molecule has 7 nitrogen and oxygen atoms in total. The number of hydrogen-bond donors (Lipinski definition) is 0. The average Bonchev–Trinajstić information content (AvgIpc) is 2.76. The summed E-state index contributed by atoms with van der Waals surface area (Å²) in [7, 11) is 4.83. The second-order valence-corrected chi connectivity index (χ2v) is 7.74. The third-order valence-corrected chi connectivity index (χ3v) is 5.81. The molecule has 1 aliphatic rings. The van der Waals surface area contributed by atoms with E-state index in [1.807, 2.05) is 24.3 Å². The molecule has 0 spiro atoms. The van der Waals surface area contributed by atoms with E-state index in [4.69, 9.17) is 9.72 Å². The van der Waals surface area contributed by atoms with Gasteiger partial charge in [-0.1, -0.05) is 12.1 Å². The SMILES string of the molecule is COc1ccc(CN2CCCC(c3ccc4c(=O)n(C)c(=O)n(C)c4n3)C2)cc1. The summed E-state index contributed by atoms with van der Waals surface area (Å²) < 4.78 is 7.82. The first-order valence-corrected chi connectivity index (χ1v) is 9.90. The highest BCUT2D eigenvalue weighted by molar-refractivity contribution is 5.74. The number of pyridine rings is 1. The Morgan fingerprint density at radius 3 is 2.55 bits per heavy atom. The highest BCUT2D eigenvalue weighted by atomic mass is 16.5. The topological polar surface area (TPSA) is 69.4 Å². The van der Waals surface area contributed by atoms with E-state index in [0.29, 0.717) is 11.0 Å². The van der Waals surface area contributed by atoms with Crippen LogP contribution in [0.4, 0.5) is 0 Å². The Bertz CT molecular complexity index is 1150. The minimum absolute atomic E-state index is 0.283. The number of benzene rings is 1. The van der Waals surface area contributed by atoms with Crippen LogP contribution in [0.1, 0.15) is 30.0 Å². The van der Waals surface area contributed by atoms with Gasteiger partial charge in [-0.2, -0.15) is 0 Å². The molecule has 0 amide bonds. The van der Waals surface area contributed by atoms with E-state index in [1.54, 1.807) is 14.2 Å². The van der Waals surface area contributed by atoms with Crippen molar-refractivity contribution in [1.29, 1.82) is 0 Å². The zero-order valence-corrected chi connectivity index (χ0v) is 17.1. The maximum atomic E-state index is 12.4. The van der Waals surface area contributed by atoms with Gasteiger partial charge < -0.3 is 4.74 Å². The first-order valence-electron chi connectivity index (χ1n) is 9.90. The number of likely N-dealkylation sites (tertiary alicyclic amines) is 1. The molecule has 2 aromatic heterocycles. The fourth-order valence-corrected chi connectivity index (χ4v) is 4.13. The van der Waals surface area contributed by atoms with Crippen LogP contribution in [0.5, 0.6) is 5.75 Å². The monoisotopic (exact) mass is 394 g/mol. The van der Waals surface area contributed by atoms with Crippen molar-refractivity contribution in [3.63, 3.8) is 0 Å². The normalized spacial score (nSPS) is 17.6. The lowest BCUT2D eigenvalue weighted by Gasteiger charge is -2.32. The number of nitrogens with zero attached hydrogens (tertiary/aromatic N) is 4. The molecule has 0 saturated carbocycles. The summed E-state index contributed by atoms with van der Waals surface area (Å²) >= 11 is 0. The van der Waals surface area contributed by atoms with Gasteiger partial charge in [-0.25, -0.2) is 9.78 Å². The zero-order chi connectivity index (χ0) is 20.5. The fraction of sp³-hybridized carbons (Fsp3) is 0.409. The molecule has 0 aliphatic carbocycles. The molecule has 3 aromatic rings. The summed E-state index contributed by atoms with van der Waals surface area (Å²) in [5.74, 6) is 1.15. The Morgan fingerprint density at radius 2 is 1.83 bits per heavy atom. The molecule has 29 heavy (non-hydrogen) atoms. The van der Waals surface area contributed by atoms with Crippen molar-refractivity contribution < 1.29 is 4.74 Å². The van der Waals surface area contributed by atoms with Crippen LogP contribution >= 0.6 is 0 Å². The number of rotatable bonds is 4. The number of piperidine rings is 1. The molecule has 1 fully saturated rings. The molecule has 1 saturated heterocycles. The van der Waals surface area contributed by atoms with Crippen LogP contribution in [0.2, 0.25) is 0 Å². The third kappa shape index (κ3) is 3.70. The van der Waals surface area contributed by atoms with Gasteiger partial charge in [-0.15, -0.1) is 0 Å². The largest absolute Gasteiger partial charge is 0.497 e. The molecule has 152 valence electrons. The maximum Gasteiger partial charge on any atom is 0.332 e. The van der Waals surface area contributed by atoms with E-state index in [2.05, 4.69) is 17.0 Å². The van der Waals surface area contributed by atoms with Crippen LogP contribution in [-0.2, 0) is 20.6 Å². The summed E-state index contributed by atoms with van der Waals surface area (Å²) in [5.41, 5.74) is 2.01. The molecule has 0 radical (unpaired) electrons. The Morgan fingerprint density at radius 1 is 1.07 bits per heavy atom. The third-order valence-electron chi connectivity index (χ3n) is 5.81. The van der Waals surface area contributed by atoms with Crippen molar-refractivity contribution in [1.82, 2.24) is 19.0 Å². The number of aromatic nitrogens is 3. The lowest BCUT2D eigenvalue weighted by Crippen LogP contribution is -2.38. The average molecular weight is 394 g/mol. The van der Waals surface area contributed by atoms with Crippen molar-refractivity contribution in [3.05, 3.63) is 68.5 Å². The summed E-state index contributed by atoms with van der Waals surface area (Å²) in [6, 6.07) is 11.9. The minimum atomic E-state index is -0.350. The molecule has 3 heterocycles. The van der Waals surface area contributed by atoms with E-state index in [1.165, 1.54) is 17.2 Å². The Kier molecular flexibility index (Phi) is 5.24. The van der Waals surface area contributed by atoms with Crippen LogP contribution in [0, 0.1) is 0 Å². The van der Waals surface area contributed by atoms with E-state index in [9.17, 15) is 9.59 Å².